The first kappa shape index (κ1) is 11.8. The Morgan fingerprint density at radius 2 is 1.86 bits per heavy atom. The molecule has 1 atom stereocenters. The fraction of sp³-hybridized carbons (Fsp3) is 1.00. The van der Waals surface area contributed by atoms with Crippen LogP contribution in [0, 0.1) is 0 Å². The normalized spacial score (nSPS) is 23.8. The maximum absolute atomic E-state index is 12.2. The maximum Gasteiger partial charge on any atom is 0.414 e. The topological polar surface area (TPSA) is 35.2 Å². The van der Waals surface area contributed by atoms with E-state index in [2.05, 4.69) is 0 Å². The lowest BCUT2D eigenvalue weighted by Crippen LogP contribution is -2.44. The Hall–Kier alpha value is -0.290. The van der Waals surface area contributed by atoms with Gasteiger partial charge in [-0.05, 0) is 19.8 Å². The highest BCUT2D eigenvalue weighted by atomic mass is 19.4. The van der Waals surface area contributed by atoms with Crippen molar-refractivity contribution in [1.82, 2.24) is 0 Å². The quantitative estimate of drug-likeness (QED) is 0.776. The van der Waals surface area contributed by atoms with Crippen molar-refractivity contribution in [3.8, 4) is 0 Å². The van der Waals surface area contributed by atoms with Crippen molar-refractivity contribution in [1.29, 1.82) is 0 Å². The molecule has 1 unspecified atom stereocenters. The zero-order valence-electron chi connectivity index (χ0n) is 8.23. The summed E-state index contributed by atoms with van der Waals surface area (Å²) in [5.41, 5.74) is 4.74. The molecule has 0 radical (unpaired) electrons. The minimum absolute atomic E-state index is 0.174. The molecule has 1 aliphatic carbocycles. The molecule has 14 heavy (non-hydrogen) atoms. The van der Waals surface area contributed by atoms with Crippen LogP contribution in [-0.2, 0) is 4.74 Å². The summed E-state index contributed by atoms with van der Waals surface area (Å²) in [6.07, 6.45) is -2.91. The van der Waals surface area contributed by atoms with Gasteiger partial charge in [-0.25, -0.2) is 0 Å². The van der Waals surface area contributed by atoms with Crippen LogP contribution in [0.4, 0.5) is 13.2 Å². The Morgan fingerprint density at radius 1 is 1.36 bits per heavy atom. The van der Waals surface area contributed by atoms with Crippen molar-refractivity contribution >= 4 is 0 Å². The molecule has 0 aromatic heterocycles. The molecule has 1 rings (SSSR count). The molecule has 2 nitrogen and oxygen atoms in total. The highest BCUT2D eigenvalue weighted by molar-refractivity contribution is 4.88. The lowest BCUT2D eigenvalue weighted by molar-refractivity contribution is -0.244. The molecule has 1 saturated carbocycles. The summed E-state index contributed by atoms with van der Waals surface area (Å²) in [6, 6.07) is 0. The molecular weight excluding hydrogens is 195 g/mol. The lowest BCUT2D eigenvalue weighted by Gasteiger charge is -2.32. The van der Waals surface area contributed by atoms with Gasteiger partial charge in [0.05, 0.1) is 5.60 Å². The van der Waals surface area contributed by atoms with Gasteiger partial charge in [0.25, 0.3) is 0 Å². The summed E-state index contributed by atoms with van der Waals surface area (Å²) in [5.74, 6) is 0. The van der Waals surface area contributed by atoms with Gasteiger partial charge in [-0.1, -0.05) is 12.8 Å². The third-order valence-corrected chi connectivity index (χ3v) is 2.77. The Labute approximate surface area is 81.6 Å². The van der Waals surface area contributed by atoms with Crippen LogP contribution in [0.15, 0.2) is 0 Å². The SMILES string of the molecule is CC(OC1(CN)CCCC1)C(F)(F)F. The van der Waals surface area contributed by atoms with Crippen LogP contribution >= 0.6 is 0 Å². The van der Waals surface area contributed by atoms with E-state index in [1.165, 1.54) is 0 Å². The molecule has 0 spiro atoms. The predicted octanol–water partition coefficient (Wildman–Crippen LogP) is 2.23. The summed E-state index contributed by atoms with van der Waals surface area (Å²) >= 11 is 0. The van der Waals surface area contributed by atoms with Gasteiger partial charge in [-0.3, -0.25) is 0 Å². The number of hydrogen-bond donors (Lipinski definition) is 1. The Kier molecular flexibility index (Phi) is 3.42. The van der Waals surface area contributed by atoms with Crippen LogP contribution in [0.25, 0.3) is 0 Å². The van der Waals surface area contributed by atoms with Gasteiger partial charge in [0.15, 0.2) is 6.10 Å². The van der Waals surface area contributed by atoms with Gasteiger partial charge in [-0.15, -0.1) is 0 Å². The predicted molar refractivity (Wildman–Crippen MR) is 46.9 cm³/mol. The molecule has 84 valence electrons. The van der Waals surface area contributed by atoms with Gasteiger partial charge >= 0.3 is 6.18 Å². The summed E-state index contributed by atoms with van der Waals surface area (Å²) in [4.78, 5) is 0. The molecule has 0 heterocycles. The molecule has 0 bridgehead atoms. The number of nitrogens with two attached hydrogens (primary N) is 1. The minimum atomic E-state index is -4.29. The Balaban J connectivity index is 2.56. The lowest BCUT2D eigenvalue weighted by atomic mass is 10.0. The molecule has 0 aliphatic heterocycles. The fourth-order valence-electron chi connectivity index (χ4n) is 1.83. The van der Waals surface area contributed by atoms with E-state index in [0.29, 0.717) is 12.8 Å². The maximum atomic E-state index is 12.2. The summed E-state index contributed by atoms with van der Waals surface area (Å²) in [5, 5.41) is 0. The fourth-order valence-corrected chi connectivity index (χ4v) is 1.83. The zero-order valence-corrected chi connectivity index (χ0v) is 8.23. The Bertz CT molecular complexity index is 187. The summed E-state index contributed by atoms with van der Waals surface area (Å²) < 4.78 is 41.8. The smallest absolute Gasteiger partial charge is 0.361 e. The second-order valence-electron chi connectivity index (χ2n) is 3.90. The molecule has 2 N–H and O–H groups in total. The Morgan fingerprint density at radius 3 is 2.21 bits per heavy atom. The average Bonchev–Trinajstić information content (AvgIpc) is 2.52. The van der Waals surface area contributed by atoms with Gasteiger partial charge in [0.1, 0.15) is 0 Å². The highest BCUT2D eigenvalue weighted by Gasteiger charge is 2.44. The van der Waals surface area contributed by atoms with E-state index in [-0.39, 0.29) is 6.54 Å². The van der Waals surface area contributed by atoms with Crippen LogP contribution < -0.4 is 5.73 Å². The third-order valence-electron chi connectivity index (χ3n) is 2.77. The largest absolute Gasteiger partial charge is 0.414 e. The van der Waals surface area contributed by atoms with Crippen molar-refractivity contribution in [2.75, 3.05) is 6.54 Å². The monoisotopic (exact) mass is 211 g/mol. The van der Waals surface area contributed by atoms with Crippen LogP contribution in [0.2, 0.25) is 0 Å². The molecule has 0 saturated heterocycles. The summed E-state index contributed by atoms with van der Waals surface area (Å²) in [6.45, 7) is 1.21. The molecule has 0 amide bonds. The standard InChI is InChI=1S/C9H16F3NO/c1-7(9(10,11)12)14-8(6-13)4-2-3-5-8/h7H,2-6,13H2,1H3. The van der Waals surface area contributed by atoms with Crippen LogP contribution in [0.1, 0.15) is 32.6 Å². The summed E-state index contributed by atoms with van der Waals surface area (Å²) in [7, 11) is 0. The van der Waals surface area contributed by atoms with Gasteiger partial charge in [0.2, 0.25) is 0 Å². The second-order valence-corrected chi connectivity index (χ2v) is 3.90. The second kappa shape index (κ2) is 4.06. The first-order chi connectivity index (χ1) is 6.40. The number of alkyl halides is 3. The van der Waals surface area contributed by atoms with E-state index >= 15 is 0 Å². The third kappa shape index (κ3) is 2.60. The number of ether oxygens (including phenoxy) is 1. The van der Waals surface area contributed by atoms with E-state index < -0.39 is 17.9 Å². The first-order valence-corrected chi connectivity index (χ1v) is 4.84. The minimum Gasteiger partial charge on any atom is -0.361 e. The van der Waals surface area contributed by atoms with E-state index in [4.69, 9.17) is 10.5 Å². The average molecular weight is 211 g/mol. The van der Waals surface area contributed by atoms with Crippen molar-refractivity contribution < 1.29 is 17.9 Å². The van der Waals surface area contributed by atoms with Gasteiger partial charge < -0.3 is 10.5 Å². The molecule has 5 heteroatoms. The van der Waals surface area contributed by atoms with Crippen molar-refractivity contribution in [2.24, 2.45) is 5.73 Å². The van der Waals surface area contributed by atoms with E-state index in [1.807, 2.05) is 0 Å². The van der Waals surface area contributed by atoms with Crippen LogP contribution in [-0.4, -0.2) is 24.4 Å². The molecule has 1 aliphatic rings. The number of rotatable bonds is 3. The first-order valence-electron chi connectivity index (χ1n) is 4.84. The number of halogens is 3. The molecule has 0 aromatic rings. The highest BCUT2D eigenvalue weighted by Crippen LogP contribution is 2.36. The van der Waals surface area contributed by atoms with Gasteiger partial charge in [-0.2, -0.15) is 13.2 Å². The zero-order chi connectivity index (χ0) is 10.8. The van der Waals surface area contributed by atoms with Crippen molar-refractivity contribution in [2.45, 2.75) is 50.5 Å². The molecule has 1 fully saturated rings. The van der Waals surface area contributed by atoms with Crippen molar-refractivity contribution in [3.63, 3.8) is 0 Å². The van der Waals surface area contributed by atoms with Crippen LogP contribution in [0.5, 0.6) is 0 Å². The van der Waals surface area contributed by atoms with E-state index in [1.54, 1.807) is 0 Å². The van der Waals surface area contributed by atoms with Crippen LogP contribution in [0.3, 0.4) is 0 Å². The molecular formula is C9H16F3NO. The molecule has 0 aromatic carbocycles. The van der Waals surface area contributed by atoms with E-state index in [9.17, 15) is 13.2 Å². The van der Waals surface area contributed by atoms with Gasteiger partial charge in [0, 0.05) is 6.54 Å². The van der Waals surface area contributed by atoms with Crippen molar-refractivity contribution in [3.05, 3.63) is 0 Å². The number of hydrogen-bond acceptors (Lipinski definition) is 2. The van der Waals surface area contributed by atoms with E-state index in [0.717, 1.165) is 19.8 Å².